The molecule has 0 aliphatic rings. The SMILES string of the molecule is CCCC(NC)c1cnc2ccccc2c1. The van der Waals surface area contributed by atoms with Gasteiger partial charge in [0.25, 0.3) is 0 Å². The van der Waals surface area contributed by atoms with Gasteiger partial charge in [-0.2, -0.15) is 0 Å². The Labute approximate surface area is 96.7 Å². The van der Waals surface area contributed by atoms with Crippen LogP contribution in [0, 0.1) is 0 Å². The third kappa shape index (κ3) is 2.22. The second-order valence-corrected chi connectivity index (χ2v) is 4.09. The van der Waals surface area contributed by atoms with Crippen molar-refractivity contribution in [2.24, 2.45) is 0 Å². The smallest absolute Gasteiger partial charge is 0.0702 e. The predicted molar refractivity (Wildman–Crippen MR) is 68.5 cm³/mol. The van der Waals surface area contributed by atoms with Crippen LogP contribution in [0.25, 0.3) is 10.9 Å². The van der Waals surface area contributed by atoms with Crippen LogP contribution in [0.3, 0.4) is 0 Å². The van der Waals surface area contributed by atoms with Gasteiger partial charge in [-0.25, -0.2) is 0 Å². The molecule has 0 amide bonds. The number of fused-ring (bicyclic) bond motifs is 1. The quantitative estimate of drug-likeness (QED) is 0.844. The molecule has 2 heteroatoms. The summed E-state index contributed by atoms with van der Waals surface area (Å²) in [6.45, 7) is 2.21. The van der Waals surface area contributed by atoms with Gasteiger partial charge in [-0.1, -0.05) is 31.5 Å². The topological polar surface area (TPSA) is 24.9 Å². The Morgan fingerprint density at radius 2 is 2.12 bits per heavy atom. The van der Waals surface area contributed by atoms with Crippen molar-refractivity contribution in [3.05, 3.63) is 42.1 Å². The Morgan fingerprint density at radius 3 is 2.88 bits per heavy atom. The monoisotopic (exact) mass is 214 g/mol. The maximum atomic E-state index is 4.49. The molecule has 0 aliphatic carbocycles. The van der Waals surface area contributed by atoms with Gasteiger partial charge in [-0.05, 0) is 31.2 Å². The number of hydrogen-bond acceptors (Lipinski definition) is 2. The van der Waals surface area contributed by atoms with Gasteiger partial charge < -0.3 is 5.32 Å². The molecule has 0 fully saturated rings. The summed E-state index contributed by atoms with van der Waals surface area (Å²) < 4.78 is 0. The highest BCUT2D eigenvalue weighted by atomic mass is 14.9. The molecule has 0 spiro atoms. The highest BCUT2D eigenvalue weighted by Crippen LogP contribution is 2.21. The van der Waals surface area contributed by atoms with Crippen LogP contribution in [0.2, 0.25) is 0 Å². The fourth-order valence-electron chi connectivity index (χ4n) is 2.04. The molecule has 2 nitrogen and oxygen atoms in total. The molecule has 1 aromatic carbocycles. The first-order valence-electron chi connectivity index (χ1n) is 5.87. The van der Waals surface area contributed by atoms with E-state index < -0.39 is 0 Å². The molecule has 1 aromatic heterocycles. The maximum absolute atomic E-state index is 4.49. The second kappa shape index (κ2) is 5.08. The second-order valence-electron chi connectivity index (χ2n) is 4.09. The summed E-state index contributed by atoms with van der Waals surface area (Å²) in [5.41, 5.74) is 2.35. The number of rotatable bonds is 4. The minimum Gasteiger partial charge on any atom is -0.313 e. The van der Waals surface area contributed by atoms with Crippen molar-refractivity contribution in [3.8, 4) is 0 Å². The number of nitrogens with zero attached hydrogens (tertiary/aromatic N) is 1. The first kappa shape index (κ1) is 11.1. The van der Waals surface area contributed by atoms with Crippen molar-refractivity contribution in [2.75, 3.05) is 7.05 Å². The zero-order valence-corrected chi connectivity index (χ0v) is 9.90. The van der Waals surface area contributed by atoms with Gasteiger partial charge in [-0.15, -0.1) is 0 Å². The van der Waals surface area contributed by atoms with Crippen LogP contribution in [0.5, 0.6) is 0 Å². The van der Waals surface area contributed by atoms with E-state index in [9.17, 15) is 0 Å². The normalized spacial score (nSPS) is 12.9. The lowest BCUT2D eigenvalue weighted by Crippen LogP contribution is -2.16. The van der Waals surface area contributed by atoms with Crippen molar-refractivity contribution in [2.45, 2.75) is 25.8 Å². The highest BCUT2D eigenvalue weighted by molar-refractivity contribution is 5.78. The van der Waals surface area contributed by atoms with E-state index >= 15 is 0 Å². The van der Waals surface area contributed by atoms with E-state index in [-0.39, 0.29) is 0 Å². The van der Waals surface area contributed by atoms with E-state index in [1.807, 2.05) is 25.4 Å². The third-order valence-electron chi connectivity index (χ3n) is 2.94. The van der Waals surface area contributed by atoms with E-state index in [0.29, 0.717) is 6.04 Å². The summed E-state index contributed by atoms with van der Waals surface area (Å²) in [5.74, 6) is 0. The number of benzene rings is 1. The number of para-hydroxylation sites is 1. The molecule has 0 aliphatic heterocycles. The number of pyridine rings is 1. The van der Waals surface area contributed by atoms with E-state index in [0.717, 1.165) is 11.9 Å². The van der Waals surface area contributed by atoms with Crippen LogP contribution in [0.15, 0.2) is 36.5 Å². The molecule has 1 heterocycles. The van der Waals surface area contributed by atoms with Crippen molar-refractivity contribution in [1.82, 2.24) is 10.3 Å². The van der Waals surface area contributed by atoms with Gasteiger partial charge in [-0.3, -0.25) is 4.98 Å². The summed E-state index contributed by atoms with van der Waals surface area (Å²) in [4.78, 5) is 4.49. The Bertz CT molecular complexity index is 465. The fourth-order valence-corrected chi connectivity index (χ4v) is 2.04. The van der Waals surface area contributed by atoms with Crippen molar-refractivity contribution in [1.29, 1.82) is 0 Å². The molecule has 1 unspecified atom stereocenters. The van der Waals surface area contributed by atoms with Crippen LogP contribution >= 0.6 is 0 Å². The van der Waals surface area contributed by atoms with Gasteiger partial charge in [0, 0.05) is 17.6 Å². The van der Waals surface area contributed by atoms with E-state index in [2.05, 4.69) is 35.4 Å². The average molecular weight is 214 g/mol. The Kier molecular flexibility index (Phi) is 3.52. The zero-order chi connectivity index (χ0) is 11.4. The standard InChI is InChI=1S/C14H18N2/c1-3-6-13(15-2)12-9-11-7-4-5-8-14(11)16-10-12/h4-5,7-10,13,15H,3,6H2,1-2H3. The molecular formula is C14H18N2. The summed E-state index contributed by atoms with van der Waals surface area (Å²) in [6.07, 6.45) is 4.31. The molecule has 84 valence electrons. The summed E-state index contributed by atoms with van der Waals surface area (Å²) in [5, 5.41) is 4.56. The first-order chi connectivity index (χ1) is 7.85. The van der Waals surface area contributed by atoms with Crippen LogP contribution in [0.1, 0.15) is 31.4 Å². The van der Waals surface area contributed by atoms with Crippen LogP contribution in [-0.2, 0) is 0 Å². The minimum atomic E-state index is 0.419. The number of hydrogen-bond donors (Lipinski definition) is 1. The molecule has 0 bridgehead atoms. The lowest BCUT2D eigenvalue weighted by atomic mass is 10.0. The van der Waals surface area contributed by atoms with Crippen LogP contribution in [-0.4, -0.2) is 12.0 Å². The molecule has 1 N–H and O–H groups in total. The van der Waals surface area contributed by atoms with E-state index in [4.69, 9.17) is 0 Å². The number of aromatic nitrogens is 1. The van der Waals surface area contributed by atoms with Gasteiger partial charge in [0.15, 0.2) is 0 Å². The zero-order valence-electron chi connectivity index (χ0n) is 9.90. The lowest BCUT2D eigenvalue weighted by molar-refractivity contribution is 0.541. The van der Waals surface area contributed by atoms with Gasteiger partial charge >= 0.3 is 0 Å². The van der Waals surface area contributed by atoms with E-state index in [1.165, 1.54) is 17.4 Å². The van der Waals surface area contributed by atoms with E-state index in [1.54, 1.807) is 0 Å². The molecule has 16 heavy (non-hydrogen) atoms. The molecule has 0 saturated heterocycles. The Morgan fingerprint density at radius 1 is 1.31 bits per heavy atom. The maximum Gasteiger partial charge on any atom is 0.0702 e. The molecule has 2 aromatic rings. The van der Waals surface area contributed by atoms with Gasteiger partial charge in [0.05, 0.1) is 5.52 Å². The fraction of sp³-hybridized carbons (Fsp3) is 0.357. The molecule has 0 saturated carbocycles. The lowest BCUT2D eigenvalue weighted by Gasteiger charge is -2.15. The predicted octanol–water partition coefficient (Wildman–Crippen LogP) is 3.30. The van der Waals surface area contributed by atoms with Crippen LogP contribution < -0.4 is 5.32 Å². The van der Waals surface area contributed by atoms with Gasteiger partial charge in [0.2, 0.25) is 0 Å². The van der Waals surface area contributed by atoms with Crippen molar-refractivity contribution in [3.63, 3.8) is 0 Å². The first-order valence-corrected chi connectivity index (χ1v) is 5.87. The summed E-state index contributed by atoms with van der Waals surface area (Å²) in [7, 11) is 2.01. The van der Waals surface area contributed by atoms with Gasteiger partial charge in [0.1, 0.15) is 0 Å². The summed E-state index contributed by atoms with van der Waals surface area (Å²) >= 11 is 0. The third-order valence-corrected chi connectivity index (χ3v) is 2.94. The average Bonchev–Trinajstić information content (AvgIpc) is 2.35. The molecular weight excluding hydrogens is 196 g/mol. The van der Waals surface area contributed by atoms with Crippen molar-refractivity contribution >= 4 is 10.9 Å². The Hall–Kier alpha value is -1.41. The molecule has 1 atom stereocenters. The molecule has 2 rings (SSSR count). The molecule has 0 radical (unpaired) electrons. The Balaban J connectivity index is 2.37. The minimum absolute atomic E-state index is 0.419. The highest BCUT2D eigenvalue weighted by Gasteiger charge is 2.08. The largest absolute Gasteiger partial charge is 0.313 e. The van der Waals surface area contributed by atoms with Crippen molar-refractivity contribution < 1.29 is 0 Å². The van der Waals surface area contributed by atoms with Crippen LogP contribution in [0.4, 0.5) is 0 Å². The summed E-state index contributed by atoms with van der Waals surface area (Å²) in [6, 6.07) is 10.9. The number of nitrogens with one attached hydrogen (secondary N) is 1.